The number of likely N-dealkylation sites (tertiary alicyclic amines) is 2. The van der Waals surface area contributed by atoms with Crippen LogP contribution in [0.15, 0.2) is 24.3 Å². The molecule has 1 aromatic rings. The van der Waals surface area contributed by atoms with Crippen LogP contribution in [0.5, 0.6) is 0 Å². The molecule has 1 aliphatic carbocycles. The van der Waals surface area contributed by atoms with Gasteiger partial charge in [0.2, 0.25) is 11.8 Å². The van der Waals surface area contributed by atoms with Crippen molar-refractivity contribution in [2.45, 2.75) is 44.9 Å². The largest absolute Gasteiger partial charge is 0.378 e. The minimum Gasteiger partial charge on any atom is -0.378 e. The van der Waals surface area contributed by atoms with Crippen molar-refractivity contribution >= 4 is 17.5 Å². The zero-order valence-electron chi connectivity index (χ0n) is 17.3. The number of nitrogens with zero attached hydrogens (tertiary/aromatic N) is 3. The van der Waals surface area contributed by atoms with E-state index in [2.05, 4.69) is 39.0 Å². The molecule has 4 rings (SSSR count). The lowest BCUT2D eigenvalue weighted by Crippen LogP contribution is -2.55. The van der Waals surface area contributed by atoms with E-state index in [1.165, 1.54) is 12.8 Å². The standard InChI is InChI=1S/C23H33N3O2/c1-24(2)20-8-6-18(7-9-20)14-22(28)25-13-3-11-23(16-25)12-10-21(27)26(17-23)15-19-4-5-19/h6-9,19H,3-5,10-17H2,1-2H3. The average molecular weight is 384 g/mol. The van der Waals surface area contributed by atoms with Crippen molar-refractivity contribution in [3.05, 3.63) is 29.8 Å². The Balaban J connectivity index is 1.38. The van der Waals surface area contributed by atoms with Crippen molar-refractivity contribution in [2.24, 2.45) is 11.3 Å². The van der Waals surface area contributed by atoms with Crippen LogP contribution in [0.1, 0.15) is 44.1 Å². The molecule has 0 bridgehead atoms. The summed E-state index contributed by atoms with van der Waals surface area (Å²) in [5.74, 6) is 1.27. The number of anilines is 1. The quantitative estimate of drug-likeness (QED) is 0.785. The molecule has 3 fully saturated rings. The Morgan fingerprint density at radius 1 is 1.14 bits per heavy atom. The van der Waals surface area contributed by atoms with E-state index >= 15 is 0 Å². The van der Waals surface area contributed by atoms with Gasteiger partial charge in [-0.1, -0.05) is 12.1 Å². The molecule has 0 aromatic heterocycles. The smallest absolute Gasteiger partial charge is 0.227 e. The lowest BCUT2D eigenvalue weighted by molar-refractivity contribution is -0.143. The Morgan fingerprint density at radius 3 is 2.57 bits per heavy atom. The Labute approximate surface area is 168 Å². The first-order chi connectivity index (χ1) is 13.4. The molecular weight excluding hydrogens is 350 g/mol. The fourth-order valence-electron chi connectivity index (χ4n) is 4.83. The summed E-state index contributed by atoms with van der Waals surface area (Å²) in [6.07, 6.45) is 6.80. The van der Waals surface area contributed by atoms with Gasteiger partial charge >= 0.3 is 0 Å². The summed E-state index contributed by atoms with van der Waals surface area (Å²) in [7, 11) is 4.05. The number of hydrogen-bond acceptors (Lipinski definition) is 3. The lowest BCUT2D eigenvalue weighted by Gasteiger charge is -2.48. The molecule has 152 valence electrons. The number of carbonyl (C=O) groups excluding carboxylic acids is 2. The number of rotatable bonds is 5. The fraction of sp³-hybridized carbons (Fsp3) is 0.652. The van der Waals surface area contributed by atoms with E-state index in [4.69, 9.17) is 0 Å². The first-order valence-electron chi connectivity index (χ1n) is 10.8. The van der Waals surface area contributed by atoms with Gasteiger partial charge in [-0.2, -0.15) is 0 Å². The van der Waals surface area contributed by atoms with Gasteiger partial charge in [0.15, 0.2) is 0 Å². The molecule has 2 heterocycles. The van der Waals surface area contributed by atoms with E-state index in [0.29, 0.717) is 18.7 Å². The first-order valence-corrected chi connectivity index (χ1v) is 10.8. The Morgan fingerprint density at radius 2 is 1.89 bits per heavy atom. The van der Waals surface area contributed by atoms with Crippen molar-refractivity contribution in [2.75, 3.05) is 45.2 Å². The Hall–Kier alpha value is -2.04. The Bertz CT molecular complexity index is 726. The molecule has 1 aromatic carbocycles. The summed E-state index contributed by atoms with van der Waals surface area (Å²) >= 11 is 0. The van der Waals surface area contributed by atoms with Gasteiger partial charge in [0.1, 0.15) is 0 Å². The molecule has 1 saturated carbocycles. The number of hydrogen-bond donors (Lipinski definition) is 0. The van der Waals surface area contributed by atoms with Crippen LogP contribution in [0.25, 0.3) is 0 Å². The van der Waals surface area contributed by atoms with Crippen LogP contribution in [0.2, 0.25) is 0 Å². The third-order valence-corrected chi connectivity index (χ3v) is 6.75. The summed E-state index contributed by atoms with van der Waals surface area (Å²) in [5.41, 5.74) is 2.34. The molecule has 2 aliphatic heterocycles. The normalized spacial score (nSPS) is 25.3. The lowest BCUT2D eigenvalue weighted by atomic mass is 9.73. The van der Waals surface area contributed by atoms with E-state index in [-0.39, 0.29) is 11.3 Å². The average Bonchev–Trinajstić information content (AvgIpc) is 3.49. The van der Waals surface area contributed by atoms with Crippen LogP contribution < -0.4 is 4.90 Å². The molecule has 1 unspecified atom stereocenters. The number of carbonyl (C=O) groups is 2. The van der Waals surface area contributed by atoms with E-state index in [0.717, 1.165) is 62.6 Å². The highest BCUT2D eigenvalue weighted by molar-refractivity contribution is 5.79. The maximum Gasteiger partial charge on any atom is 0.227 e. The third-order valence-electron chi connectivity index (χ3n) is 6.75. The predicted octanol–water partition coefficient (Wildman–Crippen LogP) is 2.94. The SMILES string of the molecule is CN(C)c1ccc(CC(=O)N2CCCC3(CCC(=O)N(CC4CC4)C3)C2)cc1. The van der Waals surface area contributed by atoms with Crippen LogP contribution in [-0.2, 0) is 16.0 Å². The number of piperidine rings is 2. The molecular formula is C23H33N3O2. The fourth-order valence-corrected chi connectivity index (χ4v) is 4.83. The van der Waals surface area contributed by atoms with Gasteiger partial charge in [-0.15, -0.1) is 0 Å². The summed E-state index contributed by atoms with van der Waals surface area (Å²) in [6, 6.07) is 8.26. The number of benzene rings is 1. The highest BCUT2D eigenvalue weighted by Crippen LogP contribution is 2.40. The molecule has 2 saturated heterocycles. The van der Waals surface area contributed by atoms with Gasteiger partial charge < -0.3 is 14.7 Å². The van der Waals surface area contributed by atoms with Gasteiger partial charge in [0.25, 0.3) is 0 Å². The van der Waals surface area contributed by atoms with Crippen molar-refractivity contribution in [1.82, 2.24) is 9.80 Å². The van der Waals surface area contributed by atoms with Crippen LogP contribution in [0.4, 0.5) is 5.69 Å². The van der Waals surface area contributed by atoms with Crippen molar-refractivity contribution < 1.29 is 9.59 Å². The Kier molecular flexibility index (Phi) is 5.35. The van der Waals surface area contributed by atoms with Crippen molar-refractivity contribution in [3.8, 4) is 0 Å². The predicted molar refractivity (Wildman–Crippen MR) is 111 cm³/mol. The van der Waals surface area contributed by atoms with Crippen LogP contribution in [0, 0.1) is 11.3 Å². The van der Waals surface area contributed by atoms with Crippen molar-refractivity contribution in [3.63, 3.8) is 0 Å². The minimum atomic E-state index is 0.117. The molecule has 2 amide bonds. The molecule has 28 heavy (non-hydrogen) atoms. The topological polar surface area (TPSA) is 43.9 Å². The molecule has 0 radical (unpaired) electrons. The molecule has 5 nitrogen and oxygen atoms in total. The third kappa shape index (κ3) is 4.34. The summed E-state index contributed by atoms with van der Waals surface area (Å²) in [5, 5.41) is 0. The van der Waals surface area contributed by atoms with Crippen molar-refractivity contribution in [1.29, 1.82) is 0 Å². The second kappa shape index (κ2) is 7.76. The van der Waals surface area contributed by atoms with E-state index in [9.17, 15) is 9.59 Å². The van der Waals surface area contributed by atoms with Gasteiger partial charge in [-0.05, 0) is 55.7 Å². The second-order valence-electron chi connectivity index (χ2n) is 9.37. The zero-order valence-corrected chi connectivity index (χ0v) is 17.3. The van der Waals surface area contributed by atoms with Gasteiger partial charge in [0.05, 0.1) is 6.42 Å². The molecule has 3 aliphatic rings. The maximum atomic E-state index is 13.0. The van der Waals surface area contributed by atoms with E-state index in [1.54, 1.807) is 0 Å². The monoisotopic (exact) mass is 383 g/mol. The highest BCUT2D eigenvalue weighted by atomic mass is 16.2. The van der Waals surface area contributed by atoms with Gasteiger partial charge in [0, 0.05) is 57.8 Å². The summed E-state index contributed by atoms with van der Waals surface area (Å²) in [4.78, 5) is 31.6. The zero-order chi connectivity index (χ0) is 19.7. The molecule has 5 heteroatoms. The highest BCUT2D eigenvalue weighted by Gasteiger charge is 2.43. The maximum absolute atomic E-state index is 13.0. The van der Waals surface area contributed by atoms with Gasteiger partial charge in [-0.3, -0.25) is 9.59 Å². The molecule has 0 N–H and O–H groups in total. The minimum absolute atomic E-state index is 0.117. The van der Waals surface area contributed by atoms with Crippen LogP contribution in [0.3, 0.4) is 0 Å². The molecule has 1 spiro atoms. The second-order valence-corrected chi connectivity index (χ2v) is 9.37. The molecule has 1 atom stereocenters. The van der Waals surface area contributed by atoms with E-state index < -0.39 is 0 Å². The summed E-state index contributed by atoms with van der Waals surface area (Å²) in [6.45, 7) is 3.46. The van der Waals surface area contributed by atoms with Crippen LogP contribution >= 0.6 is 0 Å². The number of amides is 2. The van der Waals surface area contributed by atoms with E-state index in [1.807, 2.05) is 14.1 Å². The van der Waals surface area contributed by atoms with Gasteiger partial charge in [-0.25, -0.2) is 0 Å². The first kappa shape index (κ1) is 19.3. The summed E-state index contributed by atoms with van der Waals surface area (Å²) < 4.78 is 0. The van der Waals surface area contributed by atoms with Crippen LogP contribution in [-0.4, -0.2) is 61.9 Å².